The Morgan fingerprint density at radius 3 is 2.71 bits per heavy atom. The average Bonchev–Trinajstić information content (AvgIpc) is 2.99. The van der Waals surface area contributed by atoms with Gasteiger partial charge in [-0.05, 0) is 26.8 Å². The highest BCUT2D eigenvalue weighted by Gasteiger charge is 2.13. The van der Waals surface area contributed by atoms with Crippen LogP contribution in [0.25, 0.3) is 0 Å². The van der Waals surface area contributed by atoms with E-state index < -0.39 is 0 Å². The van der Waals surface area contributed by atoms with Crippen LogP contribution in [0.15, 0.2) is 5.38 Å². The van der Waals surface area contributed by atoms with Gasteiger partial charge in [0.1, 0.15) is 0 Å². The summed E-state index contributed by atoms with van der Waals surface area (Å²) in [6, 6.07) is 0. The lowest BCUT2D eigenvalue weighted by Crippen LogP contribution is -2.15. The SMILES string of the molecule is CCCNCc1c(C)nn(Cc2csc(C(C)C)n2)c1C. The number of aromatic nitrogens is 3. The highest BCUT2D eigenvalue weighted by molar-refractivity contribution is 7.09. The van der Waals surface area contributed by atoms with Crippen molar-refractivity contribution in [2.45, 2.75) is 60.0 Å². The van der Waals surface area contributed by atoms with Gasteiger partial charge in [0.05, 0.1) is 22.9 Å². The number of hydrogen-bond donors (Lipinski definition) is 1. The quantitative estimate of drug-likeness (QED) is 0.794. The Morgan fingerprint density at radius 2 is 2.10 bits per heavy atom. The van der Waals surface area contributed by atoms with E-state index in [1.807, 2.05) is 0 Å². The van der Waals surface area contributed by atoms with Crippen LogP contribution in [-0.2, 0) is 13.1 Å². The zero-order valence-electron chi connectivity index (χ0n) is 13.7. The molecule has 0 saturated carbocycles. The van der Waals surface area contributed by atoms with Crippen molar-refractivity contribution in [3.63, 3.8) is 0 Å². The Labute approximate surface area is 131 Å². The normalized spacial score (nSPS) is 11.5. The fourth-order valence-corrected chi connectivity index (χ4v) is 3.17. The highest BCUT2D eigenvalue weighted by Crippen LogP contribution is 2.21. The van der Waals surface area contributed by atoms with Gasteiger partial charge in [0.15, 0.2) is 0 Å². The van der Waals surface area contributed by atoms with Gasteiger partial charge in [0.25, 0.3) is 0 Å². The van der Waals surface area contributed by atoms with Gasteiger partial charge in [-0.2, -0.15) is 5.10 Å². The summed E-state index contributed by atoms with van der Waals surface area (Å²) in [6.45, 7) is 13.5. The van der Waals surface area contributed by atoms with Gasteiger partial charge in [-0.3, -0.25) is 4.68 Å². The third-order valence-corrected chi connectivity index (χ3v) is 4.83. The van der Waals surface area contributed by atoms with Crippen molar-refractivity contribution in [3.05, 3.63) is 33.0 Å². The molecule has 2 aromatic heterocycles. The summed E-state index contributed by atoms with van der Waals surface area (Å²) in [5.74, 6) is 0.498. The summed E-state index contributed by atoms with van der Waals surface area (Å²) in [5, 5.41) is 11.5. The maximum atomic E-state index is 4.70. The van der Waals surface area contributed by atoms with Crippen molar-refractivity contribution < 1.29 is 0 Å². The number of nitrogens with zero attached hydrogens (tertiary/aromatic N) is 3. The fourth-order valence-electron chi connectivity index (χ4n) is 2.35. The molecule has 2 heterocycles. The minimum Gasteiger partial charge on any atom is -0.313 e. The zero-order valence-corrected chi connectivity index (χ0v) is 14.5. The first kappa shape index (κ1) is 16.2. The molecule has 0 radical (unpaired) electrons. The molecule has 5 heteroatoms. The molecule has 2 aromatic rings. The molecule has 4 nitrogen and oxygen atoms in total. The molecular weight excluding hydrogens is 280 g/mol. The summed E-state index contributed by atoms with van der Waals surface area (Å²) >= 11 is 1.75. The summed E-state index contributed by atoms with van der Waals surface area (Å²) in [7, 11) is 0. The second-order valence-electron chi connectivity index (χ2n) is 5.82. The van der Waals surface area contributed by atoms with E-state index in [4.69, 9.17) is 4.98 Å². The molecule has 1 N–H and O–H groups in total. The summed E-state index contributed by atoms with van der Waals surface area (Å²) < 4.78 is 2.08. The first-order valence-corrected chi connectivity index (χ1v) is 8.58. The Hall–Kier alpha value is -1.20. The Balaban J connectivity index is 2.11. The largest absolute Gasteiger partial charge is 0.313 e. The van der Waals surface area contributed by atoms with Gasteiger partial charge in [-0.1, -0.05) is 20.8 Å². The minimum absolute atomic E-state index is 0.498. The molecule has 2 rings (SSSR count). The van der Waals surface area contributed by atoms with Crippen molar-refractivity contribution in [3.8, 4) is 0 Å². The minimum atomic E-state index is 0.498. The van der Waals surface area contributed by atoms with E-state index in [2.05, 4.69) is 55.1 Å². The lowest BCUT2D eigenvalue weighted by molar-refractivity contribution is 0.640. The van der Waals surface area contributed by atoms with E-state index in [0.717, 1.165) is 37.4 Å². The molecule has 0 aromatic carbocycles. The number of hydrogen-bond acceptors (Lipinski definition) is 4. The predicted octanol–water partition coefficient (Wildman–Crippen LogP) is 3.63. The van der Waals surface area contributed by atoms with E-state index >= 15 is 0 Å². The average molecular weight is 306 g/mol. The maximum Gasteiger partial charge on any atom is 0.0954 e. The van der Waals surface area contributed by atoms with Gasteiger partial charge in [-0.15, -0.1) is 11.3 Å². The topological polar surface area (TPSA) is 42.7 Å². The number of thiazole rings is 1. The van der Waals surface area contributed by atoms with E-state index in [1.54, 1.807) is 11.3 Å². The fraction of sp³-hybridized carbons (Fsp3) is 0.625. The first-order valence-electron chi connectivity index (χ1n) is 7.70. The second-order valence-corrected chi connectivity index (χ2v) is 6.71. The third-order valence-electron chi connectivity index (χ3n) is 3.64. The molecule has 0 bridgehead atoms. The van der Waals surface area contributed by atoms with E-state index in [1.165, 1.54) is 16.3 Å². The molecular formula is C16H26N4S. The van der Waals surface area contributed by atoms with Crippen molar-refractivity contribution in [1.29, 1.82) is 0 Å². The van der Waals surface area contributed by atoms with Crippen molar-refractivity contribution in [1.82, 2.24) is 20.1 Å². The van der Waals surface area contributed by atoms with Gasteiger partial charge in [0, 0.05) is 29.1 Å². The summed E-state index contributed by atoms with van der Waals surface area (Å²) in [5.41, 5.74) is 4.80. The van der Waals surface area contributed by atoms with Crippen LogP contribution in [0.5, 0.6) is 0 Å². The van der Waals surface area contributed by atoms with Crippen molar-refractivity contribution in [2.75, 3.05) is 6.54 Å². The van der Waals surface area contributed by atoms with E-state index in [0.29, 0.717) is 5.92 Å². The number of aryl methyl sites for hydroxylation is 1. The first-order chi connectivity index (χ1) is 10.0. The standard InChI is InChI=1S/C16H26N4S/c1-6-7-17-8-15-12(4)19-20(13(15)5)9-14-10-21-16(18-14)11(2)3/h10-11,17H,6-9H2,1-5H3. The molecule has 21 heavy (non-hydrogen) atoms. The molecule has 0 amide bonds. The number of nitrogens with one attached hydrogen (secondary N) is 1. The van der Waals surface area contributed by atoms with Crippen LogP contribution >= 0.6 is 11.3 Å². The third kappa shape index (κ3) is 3.92. The smallest absolute Gasteiger partial charge is 0.0954 e. The van der Waals surface area contributed by atoms with Crippen LogP contribution in [0.1, 0.15) is 60.8 Å². The van der Waals surface area contributed by atoms with Gasteiger partial charge >= 0.3 is 0 Å². The van der Waals surface area contributed by atoms with Gasteiger partial charge in [0.2, 0.25) is 0 Å². The molecule has 0 unspecified atom stereocenters. The van der Waals surface area contributed by atoms with Crippen LogP contribution in [0, 0.1) is 13.8 Å². The summed E-state index contributed by atoms with van der Waals surface area (Å²) in [6.07, 6.45) is 1.16. The number of rotatable bonds is 7. The zero-order chi connectivity index (χ0) is 15.4. The molecule has 0 atom stereocenters. The lowest BCUT2D eigenvalue weighted by atomic mass is 10.2. The Kier molecular flexibility index (Phi) is 5.53. The Morgan fingerprint density at radius 1 is 1.33 bits per heavy atom. The van der Waals surface area contributed by atoms with Crippen LogP contribution in [0.2, 0.25) is 0 Å². The van der Waals surface area contributed by atoms with E-state index in [-0.39, 0.29) is 0 Å². The molecule has 0 aliphatic heterocycles. The van der Waals surface area contributed by atoms with Crippen molar-refractivity contribution >= 4 is 11.3 Å². The molecule has 116 valence electrons. The van der Waals surface area contributed by atoms with Crippen LogP contribution < -0.4 is 5.32 Å². The van der Waals surface area contributed by atoms with E-state index in [9.17, 15) is 0 Å². The van der Waals surface area contributed by atoms with Gasteiger partial charge in [-0.25, -0.2) is 4.98 Å². The second kappa shape index (κ2) is 7.18. The molecule has 0 aliphatic rings. The molecule has 0 aliphatic carbocycles. The van der Waals surface area contributed by atoms with Crippen LogP contribution in [0.3, 0.4) is 0 Å². The van der Waals surface area contributed by atoms with Gasteiger partial charge < -0.3 is 5.32 Å². The summed E-state index contributed by atoms with van der Waals surface area (Å²) in [4.78, 5) is 4.70. The monoisotopic (exact) mass is 306 g/mol. The molecule has 0 spiro atoms. The highest BCUT2D eigenvalue weighted by atomic mass is 32.1. The van der Waals surface area contributed by atoms with Crippen LogP contribution in [-0.4, -0.2) is 21.3 Å². The predicted molar refractivity (Wildman–Crippen MR) is 89.0 cm³/mol. The maximum absolute atomic E-state index is 4.70. The molecule has 0 fully saturated rings. The lowest BCUT2D eigenvalue weighted by Gasteiger charge is -2.05. The van der Waals surface area contributed by atoms with Crippen molar-refractivity contribution in [2.24, 2.45) is 0 Å². The Bertz CT molecular complexity index is 583. The van der Waals surface area contributed by atoms with Crippen LogP contribution in [0.4, 0.5) is 0 Å². The molecule has 0 saturated heterocycles.